The van der Waals surface area contributed by atoms with E-state index in [1.165, 1.54) is 75.3 Å². The van der Waals surface area contributed by atoms with Gasteiger partial charge < -0.3 is 10.2 Å². The summed E-state index contributed by atoms with van der Waals surface area (Å²) in [5.41, 5.74) is 2.80. The van der Waals surface area contributed by atoms with Gasteiger partial charge in [0, 0.05) is 0 Å². The summed E-state index contributed by atoms with van der Waals surface area (Å²) in [6.07, 6.45) is 33.6. The molecule has 0 radical (unpaired) electrons. The van der Waals surface area contributed by atoms with Gasteiger partial charge in [-0.25, -0.2) is 24.3 Å². The van der Waals surface area contributed by atoms with Crippen LogP contribution in [0.4, 0.5) is 0 Å². The van der Waals surface area contributed by atoms with E-state index in [-0.39, 0.29) is 26.2 Å². The van der Waals surface area contributed by atoms with Crippen LogP contribution in [0.2, 0.25) is 0 Å². The Labute approximate surface area is 244 Å². The fraction of sp³-hybridized carbons (Fsp3) is 0.412. The molecule has 2 nitrogen and oxygen atoms in total. The van der Waals surface area contributed by atoms with Crippen molar-refractivity contribution < 1.29 is 36.4 Å². The molecule has 0 heterocycles. The molecule has 2 saturated carbocycles. The van der Waals surface area contributed by atoms with Crippen molar-refractivity contribution in [2.45, 2.75) is 88.9 Å². The summed E-state index contributed by atoms with van der Waals surface area (Å²) in [5, 5.41) is 18.3. The Bertz CT molecular complexity index is 856. The smallest absolute Gasteiger partial charge is 0.508 e. The Balaban J connectivity index is 0.000000187. The van der Waals surface area contributed by atoms with Crippen LogP contribution < -0.4 is 0 Å². The fourth-order valence-corrected chi connectivity index (χ4v) is 5.05. The predicted molar refractivity (Wildman–Crippen MR) is 151 cm³/mol. The van der Waals surface area contributed by atoms with Crippen LogP contribution in [0.15, 0.2) is 85.0 Å². The summed E-state index contributed by atoms with van der Waals surface area (Å²) < 4.78 is 0. The fourth-order valence-electron chi connectivity index (χ4n) is 5.05. The first kappa shape index (κ1) is 31.1. The van der Waals surface area contributed by atoms with Crippen molar-refractivity contribution in [2.75, 3.05) is 0 Å². The van der Waals surface area contributed by atoms with E-state index in [4.69, 9.17) is 10.2 Å². The zero-order valence-electron chi connectivity index (χ0n) is 22.1. The number of allylic oxidation sites excluding steroid dienone is 8. The second-order valence-electron chi connectivity index (χ2n) is 9.86. The van der Waals surface area contributed by atoms with Gasteiger partial charge >= 0.3 is 26.2 Å². The molecular weight excluding hydrogens is 532 g/mol. The molecule has 37 heavy (non-hydrogen) atoms. The van der Waals surface area contributed by atoms with Crippen molar-refractivity contribution in [1.82, 2.24) is 0 Å². The minimum Gasteiger partial charge on any atom is -0.508 e. The molecular formula is C34H42O2Zr. The minimum absolute atomic E-state index is 0. The standard InChI is InChI=1S/2C12H16O.2C5H5.Zr/c2*13-12-8-6-11(7-9-12)10-4-2-1-3-5-10;2*1-2-4-5-3-1;/h2*6-10,13H,1-5H2;2*1-3H,4H2;/q;;2*-1;+2. The maximum atomic E-state index is 9.16. The minimum atomic E-state index is 0. The van der Waals surface area contributed by atoms with Crippen molar-refractivity contribution in [3.05, 3.63) is 108 Å². The van der Waals surface area contributed by atoms with E-state index < -0.39 is 0 Å². The zero-order chi connectivity index (χ0) is 25.3. The molecule has 2 aromatic rings. The van der Waals surface area contributed by atoms with E-state index in [0.29, 0.717) is 11.5 Å². The van der Waals surface area contributed by atoms with Crippen molar-refractivity contribution in [1.29, 1.82) is 0 Å². The third kappa shape index (κ3) is 12.8. The number of phenolic OH excluding ortho intramolecular Hbond substituents is 2. The molecule has 6 rings (SSSR count). The number of hydrogen-bond donors (Lipinski definition) is 2. The number of hydrogen-bond acceptors (Lipinski definition) is 2. The van der Waals surface area contributed by atoms with Gasteiger partial charge in [0.2, 0.25) is 0 Å². The molecule has 3 heteroatoms. The second kappa shape index (κ2) is 19.0. The number of phenols is 2. The molecule has 194 valence electrons. The van der Waals surface area contributed by atoms with Gasteiger partial charge in [-0.1, -0.05) is 62.8 Å². The molecule has 4 aliphatic carbocycles. The average molecular weight is 574 g/mol. The average Bonchev–Trinajstić information content (AvgIpc) is 3.71. The Kier molecular flexibility index (Phi) is 16.0. The van der Waals surface area contributed by atoms with Crippen LogP contribution in [-0.4, -0.2) is 10.2 Å². The van der Waals surface area contributed by atoms with E-state index in [2.05, 4.69) is 48.6 Å². The Hall–Kier alpha value is -2.12. The number of benzene rings is 2. The molecule has 0 aromatic heterocycles. The van der Waals surface area contributed by atoms with Crippen LogP contribution >= 0.6 is 0 Å². The third-order valence-electron chi connectivity index (χ3n) is 7.11. The number of rotatable bonds is 2. The molecule has 0 atom stereocenters. The largest absolute Gasteiger partial charge is 2.00 e. The summed E-state index contributed by atoms with van der Waals surface area (Å²) in [6.45, 7) is 0. The summed E-state index contributed by atoms with van der Waals surface area (Å²) in [5.74, 6) is 2.24. The van der Waals surface area contributed by atoms with E-state index in [1.54, 1.807) is 24.3 Å². The van der Waals surface area contributed by atoms with E-state index in [0.717, 1.165) is 24.7 Å². The topological polar surface area (TPSA) is 40.5 Å². The van der Waals surface area contributed by atoms with Gasteiger partial charge in [-0.05, 0) is 72.9 Å². The van der Waals surface area contributed by atoms with Gasteiger partial charge in [-0.3, -0.25) is 12.2 Å². The van der Waals surface area contributed by atoms with Gasteiger partial charge in [-0.2, -0.15) is 12.2 Å². The molecule has 0 amide bonds. The normalized spacial score (nSPS) is 17.9. The maximum absolute atomic E-state index is 9.16. The van der Waals surface area contributed by atoms with E-state index in [9.17, 15) is 0 Å². The maximum Gasteiger partial charge on any atom is 2.00 e. The zero-order valence-corrected chi connectivity index (χ0v) is 24.6. The predicted octanol–water partition coefficient (Wildman–Crippen LogP) is 9.49. The molecule has 0 unspecified atom stereocenters. The third-order valence-corrected chi connectivity index (χ3v) is 7.11. The molecule has 0 spiro atoms. The molecule has 0 aliphatic heterocycles. The second-order valence-corrected chi connectivity index (χ2v) is 9.86. The Morgan fingerprint density at radius 3 is 1.11 bits per heavy atom. The van der Waals surface area contributed by atoms with Crippen molar-refractivity contribution in [3.63, 3.8) is 0 Å². The Morgan fingerprint density at radius 1 is 0.514 bits per heavy atom. The van der Waals surface area contributed by atoms with E-state index >= 15 is 0 Å². The molecule has 2 fully saturated rings. The SMILES string of the molecule is Oc1ccc(C2CCCCC2)cc1.Oc1ccc(C2CCCCC2)cc1.[C-]1=CC=CC1.[C-]1=CC=CC1.[Zr+2]. The first-order valence-electron chi connectivity index (χ1n) is 13.7. The summed E-state index contributed by atoms with van der Waals surface area (Å²) in [7, 11) is 0. The van der Waals surface area contributed by atoms with E-state index in [1.807, 2.05) is 24.3 Å². The quantitative estimate of drug-likeness (QED) is 0.351. The van der Waals surface area contributed by atoms with Crippen LogP contribution in [0, 0.1) is 12.2 Å². The van der Waals surface area contributed by atoms with Gasteiger partial charge in [0.25, 0.3) is 0 Å². The first-order valence-corrected chi connectivity index (χ1v) is 13.7. The van der Waals surface area contributed by atoms with Crippen LogP contribution in [0.25, 0.3) is 0 Å². The van der Waals surface area contributed by atoms with Crippen LogP contribution in [0.3, 0.4) is 0 Å². The summed E-state index contributed by atoms with van der Waals surface area (Å²) in [6, 6.07) is 15.4. The van der Waals surface area contributed by atoms with Crippen molar-refractivity contribution in [2.24, 2.45) is 0 Å². The molecule has 4 aliphatic rings. The van der Waals surface area contributed by atoms with Crippen molar-refractivity contribution >= 4 is 0 Å². The van der Waals surface area contributed by atoms with Crippen LogP contribution in [0.1, 0.15) is 100 Å². The first-order chi connectivity index (χ1) is 17.7. The van der Waals surface area contributed by atoms with Crippen LogP contribution in [0.5, 0.6) is 11.5 Å². The molecule has 2 N–H and O–H groups in total. The molecule has 2 aromatic carbocycles. The monoisotopic (exact) mass is 572 g/mol. The van der Waals surface area contributed by atoms with Crippen molar-refractivity contribution in [3.8, 4) is 11.5 Å². The van der Waals surface area contributed by atoms with Gasteiger partial charge in [0.05, 0.1) is 0 Å². The van der Waals surface area contributed by atoms with Gasteiger partial charge in [0.1, 0.15) is 11.5 Å². The summed E-state index contributed by atoms with van der Waals surface area (Å²) >= 11 is 0. The summed E-state index contributed by atoms with van der Waals surface area (Å²) in [4.78, 5) is 0. The Morgan fingerprint density at radius 2 is 0.865 bits per heavy atom. The van der Waals surface area contributed by atoms with Gasteiger partial charge in [0.15, 0.2) is 0 Å². The van der Waals surface area contributed by atoms with Crippen LogP contribution in [-0.2, 0) is 26.2 Å². The van der Waals surface area contributed by atoms with Gasteiger partial charge in [-0.15, -0.1) is 12.8 Å². The molecule has 0 bridgehead atoms. The molecule has 0 saturated heterocycles. The number of aromatic hydroxyl groups is 2.